The second-order valence-corrected chi connectivity index (χ2v) is 6.11. The first-order valence-electron chi connectivity index (χ1n) is 6.75. The van der Waals surface area contributed by atoms with E-state index in [0.717, 1.165) is 0 Å². The van der Waals surface area contributed by atoms with E-state index in [-0.39, 0.29) is 28.6 Å². The van der Waals surface area contributed by atoms with Gasteiger partial charge in [0.15, 0.2) is 0 Å². The van der Waals surface area contributed by atoms with Crippen molar-refractivity contribution in [3.05, 3.63) is 15.8 Å². The molecule has 0 saturated carbocycles. The van der Waals surface area contributed by atoms with Gasteiger partial charge in [-0.15, -0.1) is 0 Å². The second kappa shape index (κ2) is 6.21. The van der Waals surface area contributed by atoms with Crippen molar-refractivity contribution in [1.29, 1.82) is 0 Å². The Morgan fingerprint density at radius 3 is 2.55 bits per heavy atom. The largest absolute Gasteiger partial charge is 0.396 e. The van der Waals surface area contributed by atoms with Crippen molar-refractivity contribution >= 4 is 11.5 Å². The zero-order valence-corrected chi connectivity index (χ0v) is 12.8. The van der Waals surface area contributed by atoms with E-state index >= 15 is 0 Å². The van der Waals surface area contributed by atoms with E-state index in [1.54, 1.807) is 7.05 Å². The van der Waals surface area contributed by atoms with Gasteiger partial charge in [0.25, 0.3) is 0 Å². The molecule has 0 radical (unpaired) electrons. The van der Waals surface area contributed by atoms with Crippen molar-refractivity contribution in [3.8, 4) is 0 Å². The Labute approximate surface area is 119 Å². The topological polar surface area (TPSA) is 93.2 Å². The lowest BCUT2D eigenvalue weighted by Crippen LogP contribution is -2.25. The zero-order valence-electron chi connectivity index (χ0n) is 12.8. The van der Waals surface area contributed by atoms with Gasteiger partial charge in [-0.05, 0) is 11.8 Å². The highest BCUT2D eigenvalue weighted by Crippen LogP contribution is 2.33. The minimum atomic E-state index is -0.385. The molecular weight excluding hydrogens is 260 g/mol. The van der Waals surface area contributed by atoms with Gasteiger partial charge in [0.1, 0.15) is 5.69 Å². The van der Waals surface area contributed by atoms with E-state index in [0.29, 0.717) is 24.5 Å². The van der Waals surface area contributed by atoms with Crippen LogP contribution in [0.3, 0.4) is 0 Å². The normalized spacial score (nSPS) is 11.9. The van der Waals surface area contributed by atoms with Crippen LogP contribution in [0.15, 0.2) is 0 Å². The van der Waals surface area contributed by atoms with Gasteiger partial charge in [-0.1, -0.05) is 27.7 Å². The van der Waals surface area contributed by atoms with Crippen LogP contribution in [0.25, 0.3) is 0 Å². The molecule has 0 fully saturated rings. The fourth-order valence-corrected chi connectivity index (χ4v) is 2.01. The summed E-state index contributed by atoms with van der Waals surface area (Å²) in [5.74, 6) is 0.410. The third-order valence-electron chi connectivity index (χ3n) is 3.30. The fourth-order valence-electron chi connectivity index (χ4n) is 2.01. The van der Waals surface area contributed by atoms with E-state index in [4.69, 9.17) is 5.11 Å². The number of aliphatic hydroxyl groups is 1. The summed E-state index contributed by atoms with van der Waals surface area (Å²) < 4.78 is 1.52. The number of aliphatic hydroxyl groups excluding tert-OH is 1. The summed E-state index contributed by atoms with van der Waals surface area (Å²) in [6.45, 7) is 8.40. The first-order chi connectivity index (χ1) is 9.19. The van der Waals surface area contributed by atoms with E-state index in [9.17, 15) is 10.1 Å². The van der Waals surface area contributed by atoms with Crippen LogP contribution in [-0.4, -0.2) is 33.0 Å². The monoisotopic (exact) mass is 284 g/mol. The van der Waals surface area contributed by atoms with Gasteiger partial charge < -0.3 is 10.4 Å². The number of aromatic nitrogens is 2. The molecule has 1 rings (SSSR count). The molecule has 0 bridgehead atoms. The molecular formula is C13H24N4O3. The number of nitrogens with zero attached hydrogens (tertiary/aromatic N) is 3. The highest BCUT2D eigenvalue weighted by Gasteiger charge is 2.29. The first kappa shape index (κ1) is 16.4. The average molecular weight is 284 g/mol. The van der Waals surface area contributed by atoms with Crippen molar-refractivity contribution in [2.75, 3.05) is 18.5 Å². The summed E-state index contributed by atoms with van der Waals surface area (Å²) in [4.78, 5) is 10.9. The minimum absolute atomic E-state index is 0.0115. The smallest absolute Gasteiger partial charge is 0.334 e. The number of aryl methyl sites for hydroxylation is 1. The number of anilines is 1. The van der Waals surface area contributed by atoms with Gasteiger partial charge in [-0.2, -0.15) is 5.10 Å². The third kappa shape index (κ3) is 3.69. The summed E-state index contributed by atoms with van der Waals surface area (Å²) >= 11 is 0. The lowest BCUT2D eigenvalue weighted by Gasteiger charge is -2.24. The van der Waals surface area contributed by atoms with Gasteiger partial charge in [0, 0.05) is 26.1 Å². The molecule has 7 heteroatoms. The summed E-state index contributed by atoms with van der Waals surface area (Å²) in [5, 5.41) is 27.7. The highest BCUT2D eigenvalue weighted by molar-refractivity contribution is 5.60. The van der Waals surface area contributed by atoms with Gasteiger partial charge in [0.2, 0.25) is 5.82 Å². The number of nitro groups is 1. The molecule has 114 valence electrons. The van der Waals surface area contributed by atoms with Crippen molar-refractivity contribution in [1.82, 2.24) is 9.78 Å². The molecule has 7 nitrogen and oxygen atoms in total. The molecule has 2 N–H and O–H groups in total. The molecule has 0 amide bonds. The Hall–Kier alpha value is -1.63. The molecule has 20 heavy (non-hydrogen) atoms. The summed E-state index contributed by atoms with van der Waals surface area (Å²) in [7, 11) is 1.69. The number of rotatable bonds is 7. The fraction of sp³-hybridized carbons (Fsp3) is 0.769. The van der Waals surface area contributed by atoms with Crippen molar-refractivity contribution in [2.24, 2.45) is 12.5 Å². The SMILES string of the molecule is CC(C)c1nn(C)c(NCC(C)(C)CCO)c1[N+](=O)[O-]. The predicted molar refractivity (Wildman–Crippen MR) is 77.9 cm³/mol. The quantitative estimate of drug-likeness (QED) is 0.592. The highest BCUT2D eigenvalue weighted by atomic mass is 16.6. The third-order valence-corrected chi connectivity index (χ3v) is 3.30. The van der Waals surface area contributed by atoms with Crippen LogP contribution in [0.4, 0.5) is 11.5 Å². The number of hydrogen-bond donors (Lipinski definition) is 2. The second-order valence-electron chi connectivity index (χ2n) is 6.11. The average Bonchev–Trinajstić information content (AvgIpc) is 2.64. The lowest BCUT2D eigenvalue weighted by molar-refractivity contribution is -0.384. The van der Waals surface area contributed by atoms with Crippen LogP contribution >= 0.6 is 0 Å². The van der Waals surface area contributed by atoms with E-state index in [1.165, 1.54) is 4.68 Å². The molecule has 0 atom stereocenters. The maximum absolute atomic E-state index is 11.3. The van der Waals surface area contributed by atoms with Crippen molar-refractivity contribution in [2.45, 2.75) is 40.0 Å². The van der Waals surface area contributed by atoms with Gasteiger partial charge >= 0.3 is 5.69 Å². The first-order valence-corrected chi connectivity index (χ1v) is 6.75. The Bertz CT molecular complexity index is 480. The van der Waals surface area contributed by atoms with Crippen LogP contribution in [0.1, 0.15) is 45.7 Å². The van der Waals surface area contributed by atoms with Crippen molar-refractivity contribution < 1.29 is 10.0 Å². The van der Waals surface area contributed by atoms with E-state index in [2.05, 4.69) is 10.4 Å². The maximum Gasteiger partial charge on any atom is 0.334 e. The molecule has 0 aliphatic rings. The molecule has 0 aliphatic heterocycles. The molecule has 0 aliphatic carbocycles. The molecule has 1 aromatic heterocycles. The predicted octanol–water partition coefficient (Wildman–Crippen LogP) is 2.27. The van der Waals surface area contributed by atoms with Gasteiger partial charge in [-0.3, -0.25) is 10.1 Å². The maximum atomic E-state index is 11.3. The Kier molecular flexibility index (Phi) is 5.10. The number of nitrogens with one attached hydrogen (secondary N) is 1. The van der Waals surface area contributed by atoms with Crippen LogP contribution in [0.2, 0.25) is 0 Å². The van der Waals surface area contributed by atoms with E-state index < -0.39 is 0 Å². The summed E-state index contributed by atoms with van der Waals surface area (Å²) in [6, 6.07) is 0. The molecule has 0 unspecified atom stereocenters. The van der Waals surface area contributed by atoms with Gasteiger partial charge in [-0.25, -0.2) is 4.68 Å². The molecule has 0 aromatic carbocycles. The van der Waals surface area contributed by atoms with Crippen LogP contribution < -0.4 is 5.32 Å². The molecule has 1 aromatic rings. The Balaban J connectivity index is 3.03. The molecule has 0 saturated heterocycles. The summed E-state index contributed by atoms with van der Waals surface area (Å²) in [5.41, 5.74) is 0.382. The van der Waals surface area contributed by atoms with Gasteiger partial charge in [0.05, 0.1) is 4.92 Å². The molecule has 1 heterocycles. The van der Waals surface area contributed by atoms with E-state index in [1.807, 2.05) is 27.7 Å². The molecule has 0 spiro atoms. The minimum Gasteiger partial charge on any atom is -0.396 e. The Morgan fingerprint density at radius 2 is 2.10 bits per heavy atom. The van der Waals surface area contributed by atoms with Crippen LogP contribution in [0.5, 0.6) is 0 Å². The van der Waals surface area contributed by atoms with Crippen LogP contribution in [0, 0.1) is 15.5 Å². The Morgan fingerprint density at radius 1 is 1.50 bits per heavy atom. The number of hydrogen-bond acceptors (Lipinski definition) is 5. The van der Waals surface area contributed by atoms with Crippen molar-refractivity contribution in [3.63, 3.8) is 0 Å². The van der Waals surface area contributed by atoms with Crippen LogP contribution in [-0.2, 0) is 7.05 Å². The zero-order chi connectivity index (χ0) is 15.5. The summed E-state index contributed by atoms with van der Waals surface area (Å²) in [6.07, 6.45) is 0.628. The lowest BCUT2D eigenvalue weighted by atomic mass is 9.90. The standard InChI is InChI=1S/C13H24N4O3/c1-9(2)10-11(17(19)20)12(16(5)15-10)14-8-13(3,4)6-7-18/h9,14,18H,6-8H2,1-5H3.